The van der Waals surface area contributed by atoms with Crippen LogP contribution in [0.25, 0.3) is 5.69 Å². The maximum atomic E-state index is 12.3. The van der Waals surface area contributed by atoms with Crippen LogP contribution in [0.4, 0.5) is 5.00 Å². The van der Waals surface area contributed by atoms with E-state index in [2.05, 4.69) is 15.5 Å². The highest BCUT2D eigenvalue weighted by atomic mass is 32.2. The van der Waals surface area contributed by atoms with Gasteiger partial charge in [0.05, 0.1) is 17.4 Å². The predicted octanol–water partition coefficient (Wildman–Crippen LogP) is 3.54. The second-order valence-corrected chi connectivity index (χ2v) is 7.49. The van der Waals surface area contributed by atoms with Crippen molar-refractivity contribution in [2.45, 2.75) is 19.0 Å². The molecule has 27 heavy (non-hydrogen) atoms. The van der Waals surface area contributed by atoms with Crippen molar-refractivity contribution in [3.63, 3.8) is 0 Å². The molecule has 1 aromatic carbocycles. The largest absolute Gasteiger partial charge is 0.462 e. The summed E-state index contributed by atoms with van der Waals surface area (Å²) in [5.41, 5.74) is 1.71. The number of carbonyl (C=O) groups is 2. The number of thioether (sulfide) groups is 1. The van der Waals surface area contributed by atoms with Crippen LogP contribution in [0.5, 0.6) is 0 Å². The Morgan fingerprint density at radius 3 is 2.81 bits per heavy atom. The van der Waals surface area contributed by atoms with Crippen LogP contribution in [0.3, 0.4) is 0 Å². The lowest BCUT2D eigenvalue weighted by Gasteiger charge is -2.06. The number of thiophene rings is 1. The molecule has 9 heteroatoms. The molecule has 0 bridgehead atoms. The zero-order valence-electron chi connectivity index (χ0n) is 14.8. The lowest BCUT2D eigenvalue weighted by molar-refractivity contribution is -0.113. The van der Waals surface area contributed by atoms with Gasteiger partial charge < -0.3 is 10.1 Å². The zero-order valence-corrected chi connectivity index (χ0v) is 16.5. The number of aryl methyl sites for hydroxylation is 1. The van der Waals surface area contributed by atoms with E-state index < -0.39 is 0 Å². The Morgan fingerprint density at radius 2 is 2.07 bits per heavy atom. The maximum Gasteiger partial charge on any atom is 0.348 e. The minimum absolute atomic E-state index is 0.178. The average molecular weight is 403 g/mol. The van der Waals surface area contributed by atoms with Crippen LogP contribution in [-0.4, -0.2) is 39.0 Å². The number of aromatic nitrogens is 3. The number of nitrogens with one attached hydrogen (secondary N) is 1. The van der Waals surface area contributed by atoms with Crippen LogP contribution in [0.15, 0.2) is 47.9 Å². The Labute approximate surface area is 164 Å². The molecule has 0 unspecified atom stereocenters. The molecule has 1 amide bonds. The van der Waals surface area contributed by atoms with Gasteiger partial charge in [0.2, 0.25) is 5.91 Å². The van der Waals surface area contributed by atoms with E-state index in [0.29, 0.717) is 21.6 Å². The first kappa shape index (κ1) is 19.1. The predicted molar refractivity (Wildman–Crippen MR) is 106 cm³/mol. The second kappa shape index (κ2) is 8.83. The number of para-hydroxylation sites is 1. The lowest BCUT2D eigenvalue weighted by Crippen LogP contribution is -2.13. The van der Waals surface area contributed by atoms with Gasteiger partial charge in [-0.1, -0.05) is 30.0 Å². The highest BCUT2D eigenvalue weighted by molar-refractivity contribution is 7.99. The van der Waals surface area contributed by atoms with Gasteiger partial charge in [0.15, 0.2) is 5.16 Å². The van der Waals surface area contributed by atoms with Crippen molar-refractivity contribution in [1.82, 2.24) is 14.8 Å². The van der Waals surface area contributed by atoms with Crippen molar-refractivity contribution in [3.05, 3.63) is 53.2 Å². The van der Waals surface area contributed by atoms with Crippen molar-refractivity contribution in [2.24, 2.45) is 0 Å². The fourth-order valence-corrected chi connectivity index (χ4v) is 4.05. The van der Waals surface area contributed by atoms with E-state index in [0.717, 1.165) is 11.3 Å². The summed E-state index contributed by atoms with van der Waals surface area (Å²) in [5, 5.41) is 12.1. The Bertz CT molecular complexity index is 937. The molecule has 1 N–H and O–H groups in total. The number of rotatable bonds is 7. The van der Waals surface area contributed by atoms with Gasteiger partial charge in [0, 0.05) is 5.69 Å². The molecule has 0 saturated carbocycles. The number of ether oxygens (including phenoxy) is 1. The van der Waals surface area contributed by atoms with Gasteiger partial charge in [-0.05, 0) is 37.6 Å². The molecule has 3 rings (SSSR count). The molecule has 2 heterocycles. The molecule has 3 aromatic rings. The quantitative estimate of drug-likeness (QED) is 0.480. The zero-order chi connectivity index (χ0) is 19.2. The van der Waals surface area contributed by atoms with E-state index in [1.54, 1.807) is 19.3 Å². The third-order valence-electron chi connectivity index (χ3n) is 3.52. The Hall–Kier alpha value is -2.65. The molecule has 7 nitrogen and oxygen atoms in total. The topological polar surface area (TPSA) is 86.1 Å². The molecule has 0 atom stereocenters. The average Bonchev–Trinajstić information content (AvgIpc) is 3.27. The van der Waals surface area contributed by atoms with Crippen LogP contribution in [0, 0.1) is 6.92 Å². The van der Waals surface area contributed by atoms with E-state index in [9.17, 15) is 9.59 Å². The third kappa shape index (κ3) is 4.75. The van der Waals surface area contributed by atoms with Crippen LogP contribution in [0.2, 0.25) is 0 Å². The van der Waals surface area contributed by atoms with E-state index >= 15 is 0 Å². The van der Waals surface area contributed by atoms with Crippen molar-refractivity contribution >= 4 is 40.0 Å². The fraction of sp³-hybridized carbons (Fsp3) is 0.222. The van der Waals surface area contributed by atoms with Crippen molar-refractivity contribution < 1.29 is 14.3 Å². The number of hydrogen-bond donors (Lipinski definition) is 1. The SMILES string of the molecule is CCOC(=O)c1sc(NC(=O)CSc2nncn2-c2ccccc2)cc1C. The summed E-state index contributed by atoms with van der Waals surface area (Å²) in [6.45, 7) is 3.89. The first-order valence-electron chi connectivity index (χ1n) is 8.24. The normalized spacial score (nSPS) is 10.6. The molecule has 0 aliphatic heterocycles. The molecule has 0 aliphatic carbocycles. The van der Waals surface area contributed by atoms with Crippen molar-refractivity contribution in [1.29, 1.82) is 0 Å². The first-order chi connectivity index (χ1) is 13.1. The van der Waals surface area contributed by atoms with E-state index in [1.165, 1.54) is 23.1 Å². The molecule has 0 radical (unpaired) electrons. The minimum Gasteiger partial charge on any atom is -0.462 e. The minimum atomic E-state index is -0.370. The van der Waals surface area contributed by atoms with Gasteiger partial charge in [-0.15, -0.1) is 21.5 Å². The number of anilines is 1. The van der Waals surface area contributed by atoms with Crippen LogP contribution >= 0.6 is 23.1 Å². The van der Waals surface area contributed by atoms with Gasteiger partial charge >= 0.3 is 5.97 Å². The summed E-state index contributed by atoms with van der Waals surface area (Å²) in [5.74, 6) is -0.373. The molecule has 0 saturated heterocycles. The second-order valence-electron chi connectivity index (χ2n) is 5.50. The number of carbonyl (C=O) groups excluding carboxylic acids is 2. The number of hydrogen-bond acceptors (Lipinski definition) is 7. The van der Waals surface area contributed by atoms with Gasteiger partial charge in [-0.3, -0.25) is 9.36 Å². The molecule has 0 fully saturated rings. The number of nitrogens with zero attached hydrogens (tertiary/aromatic N) is 3. The number of esters is 1. The molecular weight excluding hydrogens is 384 g/mol. The lowest BCUT2D eigenvalue weighted by atomic mass is 10.3. The standard InChI is InChI=1S/C18H18N4O3S2/c1-3-25-17(24)16-12(2)9-15(27-16)20-14(23)10-26-18-21-19-11-22(18)13-7-5-4-6-8-13/h4-9,11H,3,10H2,1-2H3,(H,20,23). The smallest absolute Gasteiger partial charge is 0.348 e. The molecule has 0 aliphatic rings. The summed E-state index contributed by atoms with van der Waals surface area (Å²) in [7, 11) is 0. The van der Waals surface area contributed by atoms with E-state index in [-0.39, 0.29) is 17.6 Å². The van der Waals surface area contributed by atoms with Gasteiger partial charge in [0.25, 0.3) is 0 Å². The molecule has 0 spiro atoms. The highest BCUT2D eigenvalue weighted by Gasteiger charge is 2.16. The van der Waals surface area contributed by atoms with Crippen molar-refractivity contribution in [2.75, 3.05) is 17.7 Å². The number of benzene rings is 1. The molecule has 140 valence electrons. The summed E-state index contributed by atoms with van der Waals surface area (Å²) in [6.07, 6.45) is 1.61. The highest BCUT2D eigenvalue weighted by Crippen LogP contribution is 2.28. The van der Waals surface area contributed by atoms with E-state index in [4.69, 9.17) is 4.74 Å². The summed E-state index contributed by atoms with van der Waals surface area (Å²) in [6, 6.07) is 11.4. The monoisotopic (exact) mass is 402 g/mol. The van der Waals surface area contributed by atoms with Crippen LogP contribution in [0.1, 0.15) is 22.2 Å². The Kier molecular flexibility index (Phi) is 6.25. The van der Waals surface area contributed by atoms with E-state index in [1.807, 2.05) is 41.8 Å². The maximum absolute atomic E-state index is 12.3. The number of amides is 1. The third-order valence-corrected chi connectivity index (χ3v) is 5.60. The van der Waals surface area contributed by atoms with Crippen molar-refractivity contribution in [3.8, 4) is 5.69 Å². The fourth-order valence-electron chi connectivity index (χ4n) is 2.34. The summed E-state index contributed by atoms with van der Waals surface area (Å²) in [4.78, 5) is 24.6. The molecular formula is C18H18N4O3S2. The van der Waals surface area contributed by atoms with Gasteiger partial charge in [0.1, 0.15) is 11.2 Å². The molecule has 2 aromatic heterocycles. The van der Waals surface area contributed by atoms with Crippen LogP contribution < -0.4 is 5.32 Å². The van der Waals surface area contributed by atoms with Gasteiger partial charge in [-0.25, -0.2) is 4.79 Å². The van der Waals surface area contributed by atoms with Crippen LogP contribution in [-0.2, 0) is 9.53 Å². The first-order valence-corrected chi connectivity index (χ1v) is 10.0. The van der Waals surface area contributed by atoms with Gasteiger partial charge in [-0.2, -0.15) is 0 Å². The Balaban J connectivity index is 1.61. The Morgan fingerprint density at radius 1 is 1.30 bits per heavy atom. The summed E-state index contributed by atoms with van der Waals surface area (Å²) >= 11 is 2.50. The summed E-state index contributed by atoms with van der Waals surface area (Å²) < 4.78 is 6.84.